The van der Waals surface area contributed by atoms with Crippen molar-refractivity contribution < 1.29 is 9.59 Å². The highest BCUT2D eigenvalue weighted by Crippen LogP contribution is 2.30. The van der Waals surface area contributed by atoms with E-state index >= 15 is 0 Å². The van der Waals surface area contributed by atoms with Crippen LogP contribution in [-0.2, 0) is 11.3 Å². The van der Waals surface area contributed by atoms with Crippen LogP contribution in [0.15, 0.2) is 36.4 Å². The van der Waals surface area contributed by atoms with Crippen LogP contribution < -0.4 is 5.32 Å². The van der Waals surface area contributed by atoms with Crippen LogP contribution in [-0.4, -0.2) is 46.1 Å². The lowest BCUT2D eigenvalue weighted by atomic mass is 9.90. The zero-order valence-corrected chi connectivity index (χ0v) is 16.4. The van der Waals surface area contributed by atoms with E-state index < -0.39 is 0 Å². The summed E-state index contributed by atoms with van der Waals surface area (Å²) in [5, 5.41) is 7.63. The van der Waals surface area contributed by atoms with Gasteiger partial charge in [-0.3, -0.25) is 14.3 Å². The number of nitrogens with one attached hydrogen (secondary N) is 1. The lowest BCUT2D eigenvalue weighted by molar-refractivity contribution is -0.134. The third kappa shape index (κ3) is 3.68. The van der Waals surface area contributed by atoms with Gasteiger partial charge < -0.3 is 10.2 Å². The lowest BCUT2D eigenvalue weighted by Gasteiger charge is -2.33. The Morgan fingerprint density at radius 2 is 1.96 bits per heavy atom. The van der Waals surface area contributed by atoms with Crippen LogP contribution in [0.1, 0.15) is 66.2 Å². The largest absolute Gasteiger partial charge is 0.351 e. The quantitative estimate of drug-likeness (QED) is 0.887. The lowest BCUT2D eigenvalue weighted by Crippen LogP contribution is -2.40. The van der Waals surface area contributed by atoms with Crippen molar-refractivity contribution in [3.63, 3.8) is 0 Å². The van der Waals surface area contributed by atoms with Gasteiger partial charge in [-0.2, -0.15) is 5.10 Å². The third-order valence-electron chi connectivity index (χ3n) is 6.00. The number of hydrogen-bond donors (Lipinski definition) is 1. The first-order valence-corrected chi connectivity index (χ1v) is 10.4. The van der Waals surface area contributed by atoms with Gasteiger partial charge in [0.25, 0.3) is 5.91 Å². The van der Waals surface area contributed by atoms with Gasteiger partial charge in [0.1, 0.15) is 5.69 Å². The van der Waals surface area contributed by atoms with Crippen LogP contribution >= 0.6 is 0 Å². The summed E-state index contributed by atoms with van der Waals surface area (Å²) in [6.45, 7) is 5.06. The predicted octanol–water partition coefficient (Wildman–Crippen LogP) is 2.92. The number of hydrogen-bond acceptors (Lipinski definition) is 3. The Hall–Kier alpha value is -2.63. The van der Waals surface area contributed by atoms with Crippen LogP contribution in [0.5, 0.6) is 0 Å². The van der Waals surface area contributed by atoms with E-state index in [1.807, 2.05) is 46.0 Å². The first-order chi connectivity index (χ1) is 13.7. The number of carbonyl (C=O) groups excluding carboxylic acids is 2. The molecular weight excluding hydrogens is 352 g/mol. The minimum atomic E-state index is -0.0647. The van der Waals surface area contributed by atoms with Gasteiger partial charge in [-0.05, 0) is 37.3 Å². The standard InChI is InChI=1S/C22H28N4O2/c1-2-18(16-7-4-3-5-8-16)22(28)25-13-9-17(10-14-25)19-15-20-21(27)23-11-6-12-26(20)24-19/h3-5,7-8,15,17-18H,2,6,9-14H2,1H3,(H,23,27). The Morgan fingerprint density at radius 1 is 1.21 bits per heavy atom. The Morgan fingerprint density at radius 3 is 2.68 bits per heavy atom. The molecule has 1 aromatic heterocycles. The average molecular weight is 380 g/mol. The molecule has 1 unspecified atom stereocenters. The van der Waals surface area contributed by atoms with Gasteiger partial charge in [-0.25, -0.2) is 0 Å². The van der Waals surface area contributed by atoms with Crippen LogP contribution in [0.2, 0.25) is 0 Å². The second-order valence-electron chi connectivity index (χ2n) is 7.76. The fraction of sp³-hybridized carbons (Fsp3) is 0.500. The summed E-state index contributed by atoms with van der Waals surface area (Å²) >= 11 is 0. The van der Waals surface area contributed by atoms with E-state index in [0.29, 0.717) is 18.2 Å². The summed E-state index contributed by atoms with van der Waals surface area (Å²) in [7, 11) is 0. The molecule has 1 N–H and O–H groups in total. The monoisotopic (exact) mass is 380 g/mol. The number of nitrogens with zero attached hydrogens (tertiary/aromatic N) is 3. The molecule has 2 aliphatic heterocycles. The predicted molar refractivity (Wildman–Crippen MR) is 107 cm³/mol. The topological polar surface area (TPSA) is 67.2 Å². The summed E-state index contributed by atoms with van der Waals surface area (Å²) in [6, 6.07) is 12.0. The molecule has 1 saturated heterocycles. The van der Waals surface area contributed by atoms with Crippen molar-refractivity contribution in [1.29, 1.82) is 0 Å². The van der Waals surface area contributed by atoms with Crippen LogP contribution in [0.3, 0.4) is 0 Å². The van der Waals surface area contributed by atoms with Gasteiger partial charge in [-0.15, -0.1) is 0 Å². The molecule has 28 heavy (non-hydrogen) atoms. The number of rotatable bonds is 4. The maximum absolute atomic E-state index is 13.1. The van der Waals surface area contributed by atoms with Crippen molar-refractivity contribution in [2.75, 3.05) is 19.6 Å². The molecular formula is C22H28N4O2. The number of amides is 2. The SMILES string of the molecule is CCC(C(=O)N1CCC(c2cc3n(n2)CCCNC3=O)CC1)c1ccccc1. The van der Waals surface area contributed by atoms with Gasteiger partial charge in [0.15, 0.2) is 0 Å². The maximum Gasteiger partial charge on any atom is 0.269 e. The molecule has 0 saturated carbocycles. The number of fused-ring (bicyclic) bond motifs is 1. The zero-order valence-electron chi connectivity index (χ0n) is 16.4. The van der Waals surface area contributed by atoms with Crippen LogP contribution in [0.4, 0.5) is 0 Å². The summed E-state index contributed by atoms with van der Waals surface area (Å²) in [6.07, 6.45) is 3.51. The second kappa shape index (κ2) is 8.17. The Bertz CT molecular complexity index is 837. The van der Waals surface area contributed by atoms with Gasteiger partial charge in [0.2, 0.25) is 5.91 Å². The fourth-order valence-electron chi connectivity index (χ4n) is 4.37. The van der Waals surface area contributed by atoms with E-state index in [0.717, 1.165) is 56.6 Å². The van der Waals surface area contributed by atoms with Gasteiger partial charge >= 0.3 is 0 Å². The van der Waals surface area contributed by atoms with Gasteiger partial charge in [0, 0.05) is 32.1 Å². The number of likely N-dealkylation sites (tertiary alicyclic amines) is 1. The zero-order chi connectivity index (χ0) is 19.5. The minimum Gasteiger partial charge on any atom is -0.351 e. The van der Waals surface area contributed by atoms with E-state index in [2.05, 4.69) is 12.2 Å². The van der Waals surface area contributed by atoms with Crippen LogP contribution in [0.25, 0.3) is 0 Å². The maximum atomic E-state index is 13.1. The van der Waals surface area contributed by atoms with Crippen molar-refractivity contribution in [3.8, 4) is 0 Å². The number of aryl methyl sites for hydroxylation is 1. The molecule has 4 rings (SSSR count). The molecule has 2 aromatic rings. The first-order valence-electron chi connectivity index (χ1n) is 10.4. The number of benzene rings is 1. The number of piperidine rings is 1. The minimum absolute atomic E-state index is 0.0301. The highest BCUT2D eigenvalue weighted by atomic mass is 16.2. The van der Waals surface area contributed by atoms with Crippen molar-refractivity contribution in [3.05, 3.63) is 53.3 Å². The third-order valence-corrected chi connectivity index (χ3v) is 6.00. The Kier molecular flexibility index (Phi) is 5.46. The van der Waals surface area contributed by atoms with Crippen molar-refractivity contribution >= 4 is 11.8 Å². The first kappa shape index (κ1) is 18.7. The number of aromatic nitrogens is 2. The Labute approximate surface area is 165 Å². The summed E-state index contributed by atoms with van der Waals surface area (Å²) in [5.74, 6) is 0.447. The fourth-order valence-corrected chi connectivity index (χ4v) is 4.37. The smallest absolute Gasteiger partial charge is 0.269 e. The summed E-state index contributed by atoms with van der Waals surface area (Å²) in [5.41, 5.74) is 2.76. The normalized spacial score (nSPS) is 18.9. The molecule has 2 aliphatic rings. The van der Waals surface area contributed by atoms with Crippen LogP contribution in [0, 0.1) is 0 Å². The van der Waals surface area contributed by atoms with Crippen molar-refractivity contribution in [1.82, 2.24) is 20.0 Å². The van der Waals surface area contributed by atoms with Crippen molar-refractivity contribution in [2.24, 2.45) is 0 Å². The molecule has 0 spiro atoms. The Balaban J connectivity index is 1.41. The van der Waals surface area contributed by atoms with E-state index in [1.54, 1.807) is 0 Å². The summed E-state index contributed by atoms with van der Waals surface area (Å²) in [4.78, 5) is 27.2. The number of carbonyl (C=O) groups is 2. The molecule has 6 heteroatoms. The molecule has 0 bridgehead atoms. The molecule has 1 atom stereocenters. The van der Waals surface area contributed by atoms with E-state index in [9.17, 15) is 9.59 Å². The van der Waals surface area contributed by atoms with E-state index in [-0.39, 0.29) is 17.7 Å². The van der Waals surface area contributed by atoms with Gasteiger partial charge in [0.05, 0.1) is 11.6 Å². The average Bonchev–Trinajstić information content (AvgIpc) is 3.09. The molecule has 3 heterocycles. The highest BCUT2D eigenvalue weighted by molar-refractivity contribution is 5.92. The molecule has 0 aliphatic carbocycles. The molecule has 1 fully saturated rings. The van der Waals surface area contributed by atoms with Crippen molar-refractivity contribution in [2.45, 2.75) is 51.0 Å². The molecule has 148 valence electrons. The van der Waals surface area contributed by atoms with E-state index in [4.69, 9.17) is 5.10 Å². The molecule has 2 amide bonds. The second-order valence-corrected chi connectivity index (χ2v) is 7.76. The summed E-state index contributed by atoms with van der Waals surface area (Å²) < 4.78 is 1.84. The molecule has 0 radical (unpaired) electrons. The van der Waals surface area contributed by atoms with E-state index in [1.165, 1.54) is 0 Å². The highest BCUT2D eigenvalue weighted by Gasteiger charge is 2.30. The molecule has 6 nitrogen and oxygen atoms in total. The molecule has 1 aromatic carbocycles. The van der Waals surface area contributed by atoms with Gasteiger partial charge in [-0.1, -0.05) is 37.3 Å².